The quantitative estimate of drug-likeness (QED) is 0.334. The minimum absolute atomic E-state index is 0.0913. The molecule has 0 aliphatic heterocycles. The van der Waals surface area contributed by atoms with E-state index in [2.05, 4.69) is 20.1 Å². The number of thioether (sulfide) groups is 1. The zero-order valence-corrected chi connectivity index (χ0v) is 17.2. The van der Waals surface area contributed by atoms with E-state index >= 15 is 0 Å². The van der Waals surface area contributed by atoms with Gasteiger partial charge >= 0.3 is 0 Å². The number of nitrogens with zero attached hydrogens (tertiary/aromatic N) is 3. The third-order valence-electron chi connectivity index (χ3n) is 4.17. The molecule has 0 unspecified atom stereocenters. The van der Waals surface area contributed by atoms with E-state index in [0.29, 0.717) is 5.56 Å². The van der Waals surface area contributed by atoms with Crippen LogP contribution in [-0.4, -0.2) is 46.8 Å². The maximum atomic E-state index is 12.1. The molecule has 2 aromatic carbocycles. The lowest BCUT2D eigenvalue weighted by Crippen LogP contribution is -2.20. The predicted molar refractivity (Wildman–Crippen MR) is 113 cm³/mol. The summed E-state index contributed by atoms with van der Waals surface area (Å²) in [7, 11) is 2.88. The smallest absolute Gasteiger partial charge is 0.250 e. The van der Waals surface area contributed by atoms with Crippen LogP contribution in [0.25, 0.3) is 11.0 Å². The molecular formula is C20H22N4O4S. The van der Waals surface area contributed by atoms with Crippen LogP contribution in [0, 0.1) is 0 Å². The lowest BCUT2D eigenvalue weighted by atomic mass is 10.2. The molecule has 152 valence electrons. The first kappa shape index (κ1) is 20.5. The summed E-state index contributed by atoms with van der Waals surface area (Å²) < 4.78 is 12.3. The molecule has 3 rings (SSSR count). The Morgan fingerprint density at radius 1 is 1.28 bits per heavy atom. The minimum atomic E-state index is -0.251. The Labute approximate surface area is 172 Å². The number of phenolic OH excluding ortho intramolecular Hbond substituents is 1. The molecule has 0 saturated carbocycles. The minimum Gasteiger partial charge on any atom is -0.502 e. The number of hydrogen-bond acceptors (Lipinski definition) is 7. The Morgan fingerprint density at radius 2 is 1.97 bits per heavy atom. The Balaban J connectivity index is 1.62. The number of methoxy groups -OCH3 is 2. The molecule has 29 heavy (non-hydrogen) atoms. The SMILES string of the molecule is CCn1c(SCC(=O)N/N=C\c2cc(OC)c(O)c(OC)c2)nc2ccccc21. The number of nitrogens with one attached hydrogen (secondary N) is 1. The van der Waals surface area contributed by atoms with Crippen LogP contribution in [0.2, 0.25) is 0 Å². The molecule has 0 saturated heterocycles. The topological polar surface area (TPSA) is 98.0 Å². The van der Waals surface area contributed by atoms with Crippen LogP contribution in [0.1, 0.15) is 12.5 Å². The second-order valence-electron chi connectivity index (χ2n) is 5.98. The second-order valence-corrected chi connectivity index (χ2v) is 6.93. The highest BCUT2D eigenvalue weighted by Crippen LogP contribution is 2.36. The Hall–Kier alpha value is -3.20. The van der Waals surface area contributed by atoms with Gasteiger partial charge in [-0.2, -0.15) is 5.10 Å². The normalized spacial score (nSPS) is 11.1. The van der Waals surface area contributed by atoms with E-state index in [4.69, 9.17) is 9.47 Å². The van der Waals surface area contributed by atoms with Gasteiger partial charge in [-0.3, -0.25) is 4.79 Å². The summed E-state index contributed by atoms with van der Waals surface area (Å²) in [4.78, 5) is 16.7. The number of amides is 1. The molecule has 2 N–H and O–H groups in total. The molecule has 9 heteroatoms. The van der Waals surface area contributed by atoms with E-state index in [0.717, 1.165) is 22.7 Å². The lowest BCUT2D eigenvalue weighted by molar-refractivity contribution is -0.118. The van der Waals surface area contributed by atoms with Crippen LogP contribution < -0.4 is 14.9 Å². The number of hydrazone groups is 1. The molecule has 3 aromatic rings. The first-order chi connectivity index (χ1) is 14.1. The van der Waals surface area contributed by atoms with E-state index in [1.165, 1.54) is 32.2 Å². The summed E-state index contributed by atoms with van der Waals surface area (Å²) in [5.74, 6) is 0.352. The van der Waals surface area contributed by atoms with E-state index in [1.807, 2.05) is 31.2 Å². The molecule has 1 heterocycles. The number of aromatic nitrogens is 2. The molecule has 1 aromatic heterocycles. The number of ether oxygens (including phenoxy) is 2. The molecule has 1 amide bonds. The van der Waals surface area contributed by atoms with Crippen molar-refractivity contribution in [1.82, 2.24) is 15.0 Å². The van der Waals surface area contributed by atoms with Crippen molar-refractivity contribution >= 4 is 34.9 Å². The Bertz CT molecular complexity index is 1020. The molecule has 0 fully saturated rings. The van der Waals surface area contributed by atoms with Gasteiger partial charge in [-0.25, -0.2) is 10.4 Å². The highest BCUT2D eigenvalue weighted by atomic mass is 32.2. The van der Waals surface area contributed by atoms with Crippen LogP contribution in [0.5, 0.6) is 17.2 Å². The number of aryl methyl sites for hydroxylation is 1. The van der Waals surface area contributed by atoms with Gasteiger partial charge in [0.1, 0.15) is 0 Å². The summed E-state index contributed by atoms with van der Waals surface area (Å²) in [6.07, 6.45) is 1.45. The third kappa shape index (κ3) is 4.62. The van der Waals surface area contributed by atoms with Crippen molar-refractivity contribution in [2.24, 2.45) is 5.10 Å². The summed E-state index contributed by atoms with van der Waals surface area (Å²) in [6.45, 7) is 2.82. The van der Waals surface area contributed by atoms with Crippen LogP contribution in [0.15, 0.2) is 46.7 Å². The number of phenols is 1. The van der Waals surface area contributed by atoms with E-state index in [9.17, 15) is 9.90 Å². The number of hydrogen-bond donors (Lipinski definition) is 2. The fraction of sp³-hybridized carbons (Fsp3) is 0.250. The summed E-state index contributed by atoms with van der Waals surface area (Å²) in [6, 6.07) is 11.1. The van der Waals surface area contributed by atoms with Crippen molar-refractivity contribution in [3.05, 3.63) is 42.0 Å². The van der Waals surface area contributed by atoms with Gasteiger partial charge in [-0.15, -0.1) is 0 Å². The zero-order chi connectivity index (χ0) is 20.8. The van der Waals surface area contributed by atoms with Gasteiger partial charge in [-0.1, -0.05) is 23.9 Å². The van der Waals surface area contributed by atoms with Crippen LogP contribution in [0.3, 0.4) is 0 Å². The van der Waals surface area contributed by atoms with Crippen molar-refractivity contribution < 1.29 is 19.4 Å². The number of rotatable bonds is 8. The average Bonchev–Trinajstić information content (AvgIpc) is 3.10. The van der Waals surface area contributed by atoms with Gasteiger partial charge in [0.05, 0.1) is 37.2 Å². The van der Waals surface area contributed by atoms with E-state index < -0.39 is 0 Å². The number of para-hydroxylation sites is 2. The predicted octanol–water partition coefficient (Wildman–Crippen LogP) is 3.02. The first-order valence-electron chi connectivity index (χ1n) is 8.92. The van der Waals surface area contributed by atoms with Crippen molar-refractivity contribution in [3.8, 4) is 17.2 Å². The molecule has 0 spiro atoms. The van der Waals surface area contributed by atoms with Gasteiger partial charge in [0.15, 0.2) is 16.7 Å². The Morgan fingerprint density at radius 3 is 2.62 bits per heavy atom. The zero-order valence-electron chi connectivity index (χ0n) is 16.4. The number of imidazole rings is 1. The van der Waals surface area contributed by atoms with Crippen LogP contribution in [0.4, 0.5) is 0 Å². The van der Waals surface area contributed by atoms with E-state index in [-0.39, 0.29) is 28.9 Å². The third-order valence-corrected chi connectivity index (χ3v) is 5.15. The maximum absolute atomic E-state index is 12.1. The van der Waals surface area contributed by atoms with Gasteiger partial charge < -0.3 is 19.1 Å². The molecule has 0 aliphatic carbocycles. The fourth-order valence-corrected chi connectivity index (χ4v) is 3.67. The van der Waals surface area contributed by atoms with Crippen molar-refractivity contribution in [2.45, 2.75) is 18.6 Å². The summed E-state index contributed by atoms with van der Waals surface area (Å²) >= 11 is 1.36. The molecule has 0 atom stereocenters. The van der Waals surface area contributed by atoms with Crippen LogP contribution in [-0.2, 0) is 11.3 Å². The number of fused-ring (bicyclic) bond motifs is 1. The molecule has 0 radical (unpaired) electrons. The number of aromatic hydroxyl groups is 1. The Kier molecular flexibility index (Phi) is 6.61. The number of carbonyl (C=O) groups excluding carboxylic acids is 1. The highest BCUT2D eigenvalue weighted by molar-refractivity contribution is 7.99. The van der Waals surface area contributed by atoms with Crippen molar-refractivity contribution in [3.63, 3.8) is 0 Å². The summed E-state index contributed by atoms with van der Waals surface area (Å²) in [5, 5.41) is 14.7. The van der Waals surface area contributed by atoms with Gasteiger partial charge in [-0.05, 0) is 31.2 Å². The average molecular weight is 414 g/mol. The molecule has 0 aliphatic rings. The van der Waals surface area contributed by atoms with Gasteiger partial charge in [0.25, 0.3) is 5.91 Å². The second kappa shape index (κ2) is 9.33. The molecular weight excluding hydrogens is 392 g/mol. The summed E-state index contributed by atoms with van der Waals surface area (Å²) in [5.41, 5.74) is 5.05. The van der Waals surface area contributed by atoms with Gasteiger partial charge in [0.2, 0.25) is 5.75 Å². The van der Waals surface area contributed by atoms with E-state index in [1.54, 1.807) is 12.1 Å². The van der Waals surface area contributed by atoms with Crippen LogP contribution >= 0.6 is 11.8 Å². The monoisotopic (exact) mass is 414 g/mol. The van der Waals surface area contributed by atoms with Crippen molar-refractivity contribution in [1.29, 1.82) is 0 Å². The highest BCUT2D eigenvalue weighted by Gasteiger charge is 2.12. The molecule has 8 nitrogen and oxygen atoms in total. The maximum Gasteiger partial charge on any atom is 0.250 e. The fourth-order valence-electron chi connectivity index (χ4n) is 2.80. The number of carbonyl (C=O) groups is 1. The lowest BCUT2D eigenvalue weighted by Gasteiger charge is -2.09. The molecule has 0 bridgehead atoms. The standard InChI is InChI=1S/C20H22N4O4S/c1-4-24-15-8-6-5-7-14(15)22-20(24)29-12-18(25)23-21-11-13-9-16(27-2)19(26)17(10-13)28-3/h5-11,26H,4,12H2,1-3H3,(H,23,25)/b21-11-. The van der Waals surface area contributed by atoms with Crippen molar-refractivity contribution in [2.75, 3.05) is 20.0 Å². The number of benzene rings is 2. The largest absolute Gasteiger partial charge is 0.502 e. The van der Waals surface area contributed by atoms with Gasteiger partial charge in [0, 0.05) is 12.1 Å². The first-order valence-corrected chi connectivity index (χ1v) is 9.90.